The number of rotatable bonds is 5. The molecule has 1 aromatic rings. The number of aliphatic carboxylic acids is 1. The number of Topliss-reactive ketones (excluding diaryl/α,β-unsaturated/α-hetero) is 1. The Morgan fingerprint density at radius 1 is 1.10 bits per heavy atom. The van der Waals surface area contributed by atoms with Crippen LogP contribution in [0.3, 0.4) is 0 Å². The Hall–Kier alpha value is -2.02. The first kappa shape index (κ1) is 21.7. The lowest BCUT2D eigenvalue weighted by atomic mass is 10.0. The van der Waals surface area contributed by atoms with Gasteiger partial charge in [0.1, 0.15) is 5.72 Å². The molecule has 8 nitrogen and oxygen atoms in total. The fourth-order valence-electron chi connectivity index (χ4n) is 3.65. The largest absolute Gasteiger partial charge is 0.480 e. The molecule has 3 rings (SSSR count). The molecule has 160 valence electrons. The molecule has 0 radical (unpaired) electrons. The zero-order valence-electron chi connectivity index (χ0n) is 15.2. The van der Waals surface area contributed by atoms with Crippen molar-refractivity contribution in [1.29, 1.82) is 0 Å². The van der Waals surface area contributed by atoms with Crippen LogP contribution in [0.4, 0.5) is 13.2 Å². The first-order chi connectivity index (χ1) is 13.5. The van der Waals surface area contributed by atoms with Gasteiger partial charge in [0, 0.05) is 38.0 Å². The summed E-state index contributed by atoms with van der Waals surface area (Å²) in [5.41, 5.74) is -1.76. The van der Waals surface area contributed by atoms with Gasteiger partial charge in [0.2, 0.25) is 10.0 Å². The number of hydrogen-bond acceptors (Lipinski definition) is 6. The normalized spacial score (nSPS) is 20.8. The van der Waals surface area contributed by atoms with Gasteiger partial charge in [-0.2, -0.15) is 17.5 Å². The molecule has 1 aromatic carbocycles. The number of ether oxygens (including phenoxy) is 1. The summed E-state index contributed by atoms with van der Waals surface area (Å²) in [6, 6.07) is 3.61. The van der Waals surface area contributed by atoms with Crippen LogP contribution in [0.1, 0.15) is 23.2 Å². The number of halogens is 3. The number of carbonyl (C=O) groups is 2. The Balaban J connectivity index is 1.80. The lowest BCUT2D eigenvalue weighted by Gasteiger charge is -2.42. The molecule has 0 atom stereocenters. The van der Waals surface area contributed by atoms with Crippen molar-refractivity contribution in [3.8, 4) is 0 Å². The minimum atomic E-state index is -5.04. The van der Waals surface area contributed by atoms with Crippen LogP contribution in [0, 0.1) is 0 Å². The average Bonchev–Trinajstić information content (AvgIpc) is 3.06. The monoisotopic (exact) mass is 436 g/mol. The third-order valence-corrected chi connectivity index (χ3v) is 7.04. The number of ketones is 1. The van der Waals surface area contributed by atoms with Crippen LogP contribution in [0.25, 0.3) is 0 Å². The molecule has 2 aliphatic heterocycles. The molecule has 0 aromatic heterocycles. The molecule has 2 saturated heterocycles. The molecule has 12 heteroatoms. The van der Waals surface area contributed by atoms with E-state index < -0.39 is 39.2 Å². The van der Waals surface area contributed by atoms with E-state index in [0.717, 1.165) is 24.3 Å². The molecular weight excluding hydrogens is 417 g/mol. The highest BCUT2D eigenvalue weighted by molar-refractivity contribution is 7.89. The standard InChI is InChI=1S/C17H19F3N2O6S/c18-17(19,20)15(25)12-1-3-13(4-2-12)29(26,27)22-9-10-28-16(22)5-7-21(8-6-16)11-14(23)24/h1-4H,5-11H2,(H,23,24). The molecule has 0 saturated carbocycles. The molecule has 2 aliphatic rings. The first-order valence-electron chi connectivity index (χ1n) is 8.78. The Labute approximate surface area is 164 Å². The maximum Gasteiger partial charge on any atom is 0.454 e. The highest BCUT2D eigenvalue weighted by Crippen LogP contribution is 2.38. The molecule has 1 spiro atoms. The average molecular weight is 436 g/mol. The highest BCUT2D eigenvalue weighted by Gasteiger charge is 2.50. The highest BCUT2D eigenvalue weighted by atomic mass is 32.2. The van der Waals surface area contributed by atoms with Crippen molar-refractivity contribution < 1.29 is 41.0 Å². The minimum Gasteiger partial charge on any atom is -0.480 e. The topological polar surface area (TPSA) is 104 Å². The van der Waals surface area contributed by atoms with Gasteiger partial charge >= 0.3 is 12.1 Å². The van der Waals surface area contributed by atoms with Gasteiger partial charge in [-0.05, 0) is 24.3 Å². The van der Waals surface area contributed by atoms with Crippen LogP contribution in [-0.2, 0) is 19.6 Å². The number of alkyl halides is 3. The number of carboxylic acids is 1. The van der Waals surface area contributed by atoms with Crippen molar-refractivity contribution in [2.45, 2.75) is 29.6 Å². The Kier molecular flexibility index (Phi) is 5.73. The Morgan fingerprint density at radius 2 is 1.69 bits per heavy atom. The van der Waals surface area contributed by atoms with E-state index in [-0.39, 0.29) is 37.4 Å². The number of hydrogen-bond donors (Lipinski definition) is 1. The second-order valence-corrected chi connectivity index (χ2v) is 8.76. The zero-order valence-corrected chi connectivity index (χ0v) is 16.0. The summed E-state index contributed by atoms with van der Waals surface area (Å²) in [5, 5.41) is 8.89. The van der Waals surface area contributed by atoms with Gasteiger partial charge in [0.15, 0.2) is 0 Å². The van der Waals surface area contributed by atoms with Crippen LogP contribution in [0.5, 0.6) is 0 Å². The summed E-state index contributed by atoms with van der Waals surface area (Å²) >= 11 is 0. The smallest absolute Gasteiger partial charge is 0.454 e. The predicted octanol–water partition coefficient (Wildman–Crippen LogP) is 1.33. The van der Waals surface area contributed by atoms with Crippen LogP contribution in [0.15, 0.2) is 29.2 Å². The Bertz CT molecular complexity index is 893. The van der Waals surface area contributed by atoms with Gasteiger partial charge in [0.05, 0.1) is 18.0 Å². The van der Waals surface area contributed by atoms with Crippen molar-refractivity contribution in [3.63, 3.8) is 0 Å². The van der Waals surface area contributed by atoms with Crippen LogP contribution >= 0.6 is 0 Å². The van der Waals surface area contributed by atoms with Gasteiger partial charge in [-0.3, -0.25) is 14.5 Å². The number of carboxylic acid groups (broad SMARTS) is 1. The fourth-order valence-corrected chi connectivity index (χ4v) is 5.37. The van der Waals surface area contributed by atoms with E-state index in [1.807, 2.05) is 0 Å². The fraction of sp³-hybridized carbons (Fsp3) is 0.529. The predicted molar refractivity (Wildman–Crippen MR) is 92.7 cm³/mol. The lowest BCUT2D eigenvalue weighted by Crippen LogP contribution is -2.55. The number of carbonyl (C=O) groups excluding carboxylic acids is 1. The third kappa shape index (κ3) is 4.29. The molecular formula is C17H19F3N2O6S. The van der Waals surface area contributed by atoms with E-state index in [1.165, 1.54) is 4.31 Å². The van der Waals surface area contributed by atoms with Crippen molar-refractivity contribution in [2.75, 3.05) is 32.8 Å². The van der Waals surface area contributed by atoms with Gasteiger partial charge in [-0.15, -0.1) is 0 Å². The molecule has 0 aliphatic carbocycles. The number of likely N-dealkylation sites (tertiary alicyclic amines) is 1. The van der Waals surface area contributed by atoms with Crippen molar-refractivity contribution in [3.05, 3.63) is 29.8 Å². The number of piperidine rings is 1. The van der Waals surface area contributed by atoms with E-state index in [9.17, 15) is 31.2 Å². The molecule has 29 heavy (non-hydrogen) atoms. The minimum absolute atomic E-state index is 0.0739. The maximum atomic E-state index is 13.1. The number of sulfonamides is 1. The lowest BCUT2D eigenvalue weighted by molar-refractivity contribution is -0.141. The summed E-state index contributed by atoms with van der Waals surface area (Å²) in [4.78, 5) is 23.6. The second kappa shape index (κ2) is 7.67. The summed E-state index contributed by atoms with van der Waals surface area (Å²) in [7, 11) is -4.08. The molecule has 1 N–H and O–H groups in total. The molecule has 0 bridgehead atoms. The van der Waals surface area contributed by atoms with E-state index in [0.29, 0.717) is 13.1 Å². The van der Waals surface area contributed by atoms with Crippen molar-refractivity contribution >= 4 is 21.8 Å². The summed E-state index contributed by atoms with van der Waals surface area (Å²) in [6.45, 7) is 0.736. The summed E-state index contributed by atoms with van der Waals surface area (Å²) < 4.78 is 70.7. The van der Waals surface area contributed by atoms with Crippen LogP contribution < -0.4 is 0 Å². The molecule has 2 fully saturated rings. The van der Waals surface area contributed by atoms with Gasteiger partial charge in [-0.1, -0.05) is 0 Å². The Morgan fingerprint density at radius 3 is 2.21 bits per heavy atom. The van der Waals surface area contributed by atoms with Gasteiger partial charge in [0.25, 0.3) is 5.78 Å². The molecule has 2 heterocycles. The third-order valence-electron chi connectivity index (χ3n) is 5.08. The van der Waals surface area contributed by atoms with Crippen molar-refractivity contribution in [2.24, 2.45) is 0 Å². The van der Waals surface area contributed by atoms with Crippen molar-refractivity contribution in [1.82, 2.24) is 9.21 Å². The maximum absolute atomic E-state index is 13.1. The number of nitrogens with zero attached hydrogens (tertiary/aromatic N) is 2. The quantitative estimate of drug-likeness (QED) is 0.695. The van der Waals surface area contributed by atoms with Crippen LogP contribution in [-0.4, -0.2) is 79.2 Å². The summed E-state index contributed by atoms with van der Waals surface area (Å²) in [5.74, 6) is -3.03. The molecule has 0 amide bonds. The van der Waals surface area contributed by atoms with E-state index >= 15 is 0 Å². The van der Waals surface area contributed by atoms with E-state index in [4.69, 9.17) is 9.84 Å². The van der Waals surface area contributed by atoms with Crippen LogP contribution in [0.2, 0.25) is 0 Å². The molecule has 0 unspecified atom stereocenters. The summed E-state index contributed by atoms with van der Waals surface area (Å²) in [6.07, 6.45) is -4.51. The first-order valence-corrected chi connectivity index (χ1v) is 10.2. The SMILES string of the molecule is O=C(O)CN1CCC2(CC1)OCCN2S(=O)(=O)c1ccc(C(=O)C(F)(F)F)cc1. The second-order valence-electron chi connectivity index (χ2n) is 6.89. The number of benzene rings is 1. The van der Waals surface area contributed by atoms with Gasteiger partial charge in [-0.25, -0.2) is 8.42 Å². The zero-order chi connectivity index (χ0) is 21.4. The van der Waals surface area contributed by atoms with E-state index in [1.54, 1.807) is 4.90 Å². The van der Waals surface area contributed by atoms with Gasteiger partial charge < -0.3 is 9.84 Å². The van der Waals surface area contributed by atoms with E-state index in [2.05, 4.69) is 0 Å².